The van der Waals surface area contributed by atoms with Gasteiger partial charge in [0.2, 0.25) is 0 Å². The predicted octanol–water partition coefficient (Wildman–Crippen LogP) is 0.904. The summed E-state index contributed by atoms with van der Waals surface area (Å²) in [4.78, 5) is 11.9. The second-order valence-corrected chi connectivity index (χ2v) is 8.24. The van der Waals surface area contributed by atoms with Crippen molar-refractivity contribution < 1.29 is 23.1 Å². The Morgan fingerprint density at radius 2 is 1.94 bits per heavy atom. The SMILES string of the molecule is CC(C(=O)OC(C)(C)C)C1(O)CCCS(=O)(=O)C1. The van der Waals surface area contributed by atoms with E-state index in [4.69, 9.17) is 4.74 Å². The molecule has 0 spiro atoms. The van der Waals surface area contributed by atoms with Crippen molar-refractivity contribution in [2.45, 2.75) is 51.7 Å². The summed E-state index contributed by atoms with van der Waals surface area (Å²) in [6.07, 6.45) is 0.693. The molecule has 0 aromatic heterocycles. The predicted molar refractivity (Wildman–Crippen MR) is 67.8 cm³/mol. The van der Waals surface area contributed by atoms with E-state index < -0.39 is 32.9 Å². The van der Waals surface area contributed by atoms with Gasteiger partial charge in [0.1, 0.15) is 5.60 Å². The van der Waals surface area contributed by atoms with Crippen molar-refractivity contribution in [2.75, 3.05) is 11.5 Å². The molecule has 1 saturated heterocycles. The summed E-state index contributed by atoms with van der Waals surface area (Å²) in [6, 6.07) is 0. The topological polar surface area (TPSA) is 80.7 Å². The molecule has 2 unspecified atom stereocenters. The molecule has 6 heteroatoms. The fourth-order valence-corrected chi connectivity index (χ4v) is 3.96. The number of sulfone groups is 1. The molecule has 1 N–H and O–H groups in total. The summed E-state index contributed by atoms with van der Waals surface area (Å²) in [7, 11) is -3.27. The Hall–Kier alpha value is -0.620. The third-order valence-corrected chi connectivity index (χ3v) is 4.95. The monoisotopic (exact) mass is 278 g/mol. The van der Waals surface area contributed by atoms with Crippen LogP contribution in [-0.2, 0) is 19.4 Å². The van der Waals surface area contributed by atoms with Crippen molar-refractivity contribution >= 4 is 15.8 Å². The molecule has 0 radical (unpaired) electrons. The van der Waals surface area contributed by atoms with Crippen molar-refractivity contribution in [3.8, 4) is 0 Å². The molecule has 0 saturated carbocycles. The van der Waals surface area contributed by atoms with Crippen LogP contribution in [0.1, 0.15) is 40.5 Å². The molecule has 1 aliphatic heterocycles. The number of aliphatic hydroxyl groups is 1. The van der Waals surface area contributed by atoms with Crippen molar-refractivity contribution in [3.63, 3.8) is 0 Å². The summed E-state index contributed by atoms with van der Waals surface area (Å²) in [5.74, 6) is -1.68. The average molecular weight is 278 g/mol. The molecule has 2 atom stereocenters. The minimum absolute atomic E-state index is 0.0797. The Labute approximate surface area is 108 Å². The van der Waals surface area contributed by atoms with Crippen LogP contribution in [0.5, 0.6) is 0 Å². The highest BCUT2D eigenvalue weighted by molar-refractivity contribution is 7.91. The van der Waals surface area contributed by atoms with E-state index in [2.05, 4.69) is 0 Å². The molecular formula is C12H22O5S. The van der Waals surface area contributed by atoms with Gasteiger partial charge in [-0.2, -0.15) is 0 Å². The van der Waals surface area contributed by atoms with E-state index in [-0.39, 0.29) is 11.5 Å². The number of ether oxygens (including phenoxy) is 1. The molecule has 0 aromatic carbocycles. The highest BCUT2D eigenvalue weighted by atomic mass is 32.2. The number of esters is 1. The van der Waals surface area contributed by atoms with Gasteiger partial charge >= 0.3 is 5.97 Å². The van der Waals surface area contributed by atoms with Crippen LogP contribution in [0.2, 0.25) is 0 Å². The first-order valence-corrected chi connectivity index (χ1v) is 7.93. The Balaban J connectivity index is 2.82. The van der Waals surface area contributed by atoms with Gasteiger partial charge in [0.15, 0.2) is 9.84 Å². The molecular weight excluding hydrogens is 256 g/mol. The molecule has 5 nitrogen and oxygen atoms in total. The third kappa shape index (κ3) is 3.95. The Bertz CT molecular complexity index is 420. The number of hydrogen-bond acceptors (Lipinski definition) is 5. The standard InChI is InChI=1S/C12H22O5S/c1-9(10(13)17-11(2,3)4)12(14)6-5-7-18(15,16)8-12/h9,14H,5-8H2,1-4H3. The average Bonchev–Trinajstić information content (AvgIpc) is 2.11. The molecule has 1 heterocycles. The molecule has 0 aliphatic carbocycles. The van der Waals surface area contributed by atoms with Crippen LogP contribution in [0, 0.1) is 5.92 Å². The summed E-state index contributed by atoms with van der Waals surface area (Å²) in [5.41, 5.74) is -2.14. The summed E-state index contributed by atoms with van der Waals surface area (Å²) in [6.45, 7) is 6.73. The van der Waals surface area contributed by atoms with E-state index in [1.54, 1.807) is 20.8 Å². The van der Waals surface area contributed by atoms with Crippen LogP contribution < -0.4 is 0 Å². The maximum atomic E-state index is 11.9. The second kappa shape index (κ2) is 4.81. The van der Waals surface area contributed by atoms with E-state index in [1.807, 2.05) is 0 Å². The van der Waals surface area contributed by atoms with Gasteiger partial charge in [0.25, 0.3) is 0 Å². The lowest BCUT2D eigenvalue weighted by atomic mass is 9.86. The highest BCUT2D eigenvalue weighted by Crippen LogP contribution is 2.31. The number of rotatable bonds is 2. The third-order valence-electron chi connectivity index (χ3n) is 3.10. The van der Waals surface area contributed by atoms with Gasteiger partial charge in [-0.05, 0) is 40.5 Å². The minimum atomic E-state index is -3.27. The van der Waals surface area contributed by atoms with Crippen LogP contribution in [0.3, 0.4) is 0 Å². The first kappa shape index (κ1) is 15.4. The quantitative estimate of drug-likeness (QED) is 0.759. The van der Waals surface area contributed by atoms with E-state index in [9.17, 15) is 18.3 Å². The fourth-order valence-electron chi connectivity index (χ4n) is 2.07. The molecule has 0 amide bonds. The van der Waals surface area contributed by atoms with Crippen LogP contribution in [0.25, 0.3) is 0 Å². The minimum Gasteiger partial charge on any atom is -0.460 e. The van der Waals surface area contributed by atoms with Crippen LogP contribution >= 0.6 is 0 Å². The molecule has 18 heavy (non-hydrogen) atoms. The van der Waals surface area contributed by atoms with E-state index >= 15 is 0 Å². The molecule has 1 aliphatic rings. The Morgan fingerprint density at radius 3 is 2.39 bits per heavy atom. The van der Waals surface area contributed by atoms with Gasteiger partial charge in [-0.1, -0.05) is 0 Å². The first-order valence-electron chi connectivity index (χ1n) is 6.11. The Morgan fingerprint density at radius 1 is 1.39 bits per heavy atom. The van der Waals surface area contributed by atoms with Gasteiger partial charge in [0.05, 0.1) is 23.0 Å². The van der Waals surface area contributed by atoms with E-state index in [1.165, 1.54) is 6.92 Å². The summed E-state index contributed by atoms with van der Waals surface area (Å²) in [5, 5.41) is 10.4. The summed E-state index contributed by atoms with van der Waals surface area (Å²) >= 11 is 0. The molecule has 0 bridgehead atoms. The van der Waals surface area contributed by atoms with Crippen LogP contribution in [-0.4, -0.2) is 42.2 Å². The largest absolute Gasteiger partial charge is 0.460 e. The maximum Gasteiger partial charge on any atom is 0.312 e. The number of carbonyl (C=O) groups excluding carboxylic acids is 1. The highest BCUT2D eigenvalue weighted by Gasteiger charge is 2.45. The molecule has 1 fully saturated rings. The molecule has 0 aromatic rings. The maximum absolute atomic E-state index is 11.9. The lowest BCUT2D eigenvalue weighted by molar-refractivity contribution is -0.168. The lowest BCUT2D eigenvalue weighted by Gasteiger charge is -2.36. The second-order valence-electron chi connectivity index (χ2n) is 6.05. The zero-order valence-corrected chi connectivity index (χ0v) is 12.2. The van der Waals surface area contributed by atoms with E-state index in [0.29, 0.717) is 12.8 Å². The fraction of sp³-hybridized carbons (Fsp3) is 0.917. The zero-order chi connectivity index (χ0) is 14.2. The lowest BCUT2D eigenvalue weighted by Crippen LogP contribution is -2.51. The first-order chi connectivity index (χ1) is 7.95. The van der Waals surface area contributed by atoms with Crippen molar-refractivity contribution in [1.82, 2.24) is 0 Å². The van der Waals surface area contributed by atoms with Gasteiger partial charge in [-0.25, -0.2) is 8.42 Å². The molecule has 106 valence electrons. The Kier molecular flexibility index (Phi) is 4.13. The van der Waals surface area contributed by atoms with Gasteiger partial charge < -0.3 is 9.84 Å². The van der Waals surface area contributed by atoms with Gasteiger partial charge in [0, 0.05) is 0 Å². The van der Waals surface area contributed by atoms with Crippen molar-refractivity contribution in [2.24, 2.45) is 5.92 Å². The van der Waals surface area contributed by atoms with Gasteiger partial charge in [-0.3, -0.25) is 4.79 Å². The van der Waals surface area contributed by atoms with Gasteiger partial charge in [-0.15, -0.1) is 0 Å². The number of hydrogen-bond donors (Lipinski definition) is 1. The van der Waals surface area contributed by atoms with E-state index in [0.717, 1.165) is 0 Å². The normalized spacial score (nSPS) is 29.6. The van der Waals surface area contributed by atoms with Crippen LogP contribution in [0.4, 0.5) is 0 Å². The summed E-state index contributed by atoms with van der Waals surface area (Å²) < 4.78 is 28.3. The molecule has 1 rings (SSSR count). The van der Waals surface area contributed by atoms with Crippen molar-refractivity contribution in [3.05, 3.63) is 0 Å². The number of carbonyl (C=O) groups is 1. The van der Waals surface area contributed by atoms with Crippen molar-refractivity contribution in [1.29, 1.82) is 0 Å². The zero-order valence-electron chi connectivity index (χ0n) is 11.4. The smallest absolute Gasteiger partial charge is 0.312 e. The van der Waals surface area contributed by atoms with Crippen LogP contribution in [0.15, 0.2) is 0 Å².